The highest BCUT2D eigenvalue weighted by Crippen LogP contribution is 2.51. The summed E-state index contributed by atoms with van der Waals surface area (Å²) in [5.41, 5.74) is -0.296. The number of nitrogens with zero attached hydrogens (tertiary/aromatic N) is 2. The Balaban J connectivity index is 1.85. The smallest absolute Gasteiger partial charge is 0.269 e. The molecule has 1 aliphatic heterocycles. The molecule has 0 unspecified atom stereocenters. The summed E-state index contributed by atoms with van der Waals surface area (Å²) in [6, 6.07) is 20.9. The van der Waals surface area contributed by atoms with Gasteiger partial charge in [0.05, 0.1) is 27.1 Å². The van der Waals surface area contributed by atoms with Crippen molar-refractivity contribution in [1.29, 1.82) is 5.26 Å². The van der Waals surface area contributed by atoms with Gasteiger partial charge in [-0.25, -0.2) is 0 Å². The highest BCUT2D eigenvalue weighted by atomic mass is 35.5. The van der Waals surface area contributed by atoms with E-state index in [-0.39, 0.29) is 11.3 Å². The van der Waals surface area contributed by atoms with Crippen LogP contribution in [0.25, 0.3) is 0 Å². The Morgan fingerprint density at radius 3 is 2.22 bits per heavy atom. The molecule has 0 saturated carbocycles. The van der Waals surface area contributed by atoms with Gasteiger partial charge in [0, 0.05) is 22.0 Å². The lowest BCUT2D eigenvalue weighted by Crippen LogP contribution is -2.43. The van der Waals surface area contributed by atoms with Crippen LogP contribution in [-0.4, -0.2) is 38.1 Å². The molecule has 0 bridgehead atoms. The first kappa shape index (κ1) is 26.2. The van der Waals surface area contributed by atoms with E-state index in [2.05, 4.69) is 5.32 Å². The molecule has 4 rings (SSSR count). The SMILES string of the molecule is COc1cc([C@@]2(O)CS/C(=C(/C#N)C(=O)Nc3ccc(Cl)cc3)N2c2ccccc2)cc(OC)c1OC. The second-order valence-electron chi connectivity index (χ2n) is 7.94. The summed E-state index contributed by atoms with van der Waals surface area (Å²) in [5.74, 6) is 0.616. The lowest BCUT2D eigenvalue weighted by molar-refractivity contribution is -0.112. The Morgan fingerprint density at radius 1 is 1.05 bits per heavy atom. The quantitative estimate of drug-likeness (QED) is 0.315. The molecule has 3 aromatic rings. The monoisotopic (exact) mass is 537 g/mol. The van der Waals surface area contributed by atoms with Crippen molar-refractivity contribution in [1.82, 2.24) is 0 Å². The van der Waals surface area contributed by atoms with E-state index in [0.717, 1.165) is 0 Å². The topological polar surface area (TPSA) is 104 Å². The summed E-state index contributed by atoms with van der Waals surface area (Å²) in [7, 11) is 4.48. The van der Waals surface area contributed by atoms with Crippen molar-refractivity contribution in [3.05, 3.63) is 87.9 Å². The number of hydrogen-bond donors (Lipinski definition) is 2. The van der Waals surface area contributed by atoms with Gasteiger partial charge in [-0.15, -0.1) is 11.8 Å². The summed E-state index contributed by atoms with van der Waals surface area (Å²) in [5, 5.41) is 25.8. The molecule has 1 amide bonds. The normalized spacial score (nSPS) is 18.1. The van der Waals surface area contributed by atoms with Gasteiger partial charge in [0.15, 0.2) is 17.2 Å². The molecule has 1 heterocycles. The van der Waals surface area contributed by atoms with Crippen LogP contribution in [0.5, 0.6) is 17.2 Å². The standard InChI is InChI=1S/C27H24ClN3O5S/c1-34-22-13-17(14-23(35-2)24(22)36-3)27(33)16-37-26(31(27)20-7-5-4-6-8-20)21(15-29)25(32)30-19-11-9-18(28)10-12-19/h4-14,33H,16H2,1-3H3,(H,30,32)/b26-21-/t27-/m0/s1. The number of carbonyl (C=O) groups is 1. The molecule has 3 aromatic carbocycles. The van der Waals surface area contributed by atoms with Gasteiger partial charge in [0.2, 0.25) is 5.75 Å². The predicted octanol–water partition coefficient (Wildman–Crippen LogP) is 5.14. The zero-order valence-corrected chi connectivity index (χ0v) is 21.9. The molecule has 8 nitrogen and oxygen atoms in total. The Labute approximate surface area is 224 Å². The highest BCUT2D eigenvalue weighted by Gasteiger charge is 2.47. The average Bonchev–Trinajstić information content (AvgIpc) is 3.27. The highest BCUT2D eigenvalue weighted by molar-refractivity contribution is 8.03. The van der Waals surface area contributed by atoms with Crippen LogP contribution in [0.1, 0.15) is 5.56 Å². The van der Waals surface area contributed by atoms with E-state index in [4.69, 9.17) is 25.8 Å². The number of para-hydroxylation sites is 1. The second-order valence-corrected chi connectivity index (χ2v) is 9.34. The number of carbonyl (C=O) groups excluding carboxylic acids is 1. The van der Waals surface area contributed by atoms with Crippen LogP contribution in [0.3, 0.4) is 0 Å². The van der Waals surface area contributed by atoms with E-state index < -0.39 is 11.6 Å². The van der Waals surface area contributed by atoms with Crippen molar-refractivity contribution in [3.8, 4) is 23.3 Å². The minimum absolute atomic E-state index is 0.120. The van der Waals surface area contributed by atoms with E-state index in [1.165, 1.54) is 33.1 Å². The number of rotatable bonds is 7. The number of nitrogens with one attached hydrogen (secondary N) is 1. The minimum Gasteiger partial charge on any atom is -0.493 e. The summed E-state index contributed by atoms with van der Waals surface area (Å²) < 4.78 is 16.4. The van der Waals surface area contributed by atoms with Crippen molar-refractivity contribution in [2.45, 2.75) is 5.72 Å². The summed E-state index contributed by atoms with van der Waals surface area (Å²) in [6.07, 6.45) is 0. The van der Waals surface area contributed by atoms with Crippen molar-refractivity contribution in [3.63, 3.8) is 0 Å². The third-order valence-electron chi connectivity index (χ3n) is 5.78. The first-order valence-corrected chi connectivity index (χ1v) is 12.4. The number of aliphatic hydroxyl groups is 1. The number of halogens is 1. The molecule has 1 aliphatic rings. The van der Waals surface area contributed by atoms with E-state index >= 15 is 0 Å². The van der Waals surface area contributed by atoms with Gasteiger partial charge in [0.1, 0.15) is 16.7 Å². The van der Waals surface area contributed by atoms with Gasteiger partial charge in [-0.05, 0) is 48.5 Å². The molecule has 2 N–H and O–H groups in total. The average molecular weight is 538 g/mol. The van der Waals surface area contributed by atoms with Gasteiger partial charge in [-0.2, -0.15) is 5.26 Å². The largest absolute Gasteiger partial charge is 0.493 e. The van der Waals surface area contributed by atoms with E-state index in [1.54, 1.807) is 53.4 Å². The molecule has 1 atom stereocenters. The van der Waals surface area contributed by atoms with Crippen molar-refractivity contribution in [2.24, 2.45) is 0 Å². The van der Waals surface area contributed by atoms with Crippen LogP contribution < -0.4 is 24.4 Å². The van der Waals surface area contributed by atoms with E-state index in [1.807, 2.05) is 24.3 Å². The van der Waals surface area contributed by atoms with Crippen LogP contribution in [0.4, 0.5) is 11.4 Å². The number of benzene rings is 3. The molecule has 10 heteroatoms. The Kier molecular flexibility index (Phi) is 7.83. The zero-order valence-electron chi connectivity index (χ0n) is 20.3. The molecular formula is C27H24ClN3O5S. The predicted molar refractivity (Wildman–Crippen MR) is 144 cm³/mol. The van der Waals surface area contributed by atoms with Crippen LogP contribution in [0.15, 0.2) is 77.3 Å². The number of amides is 1. The molecule has 0 aliphatic carbocycles. The van der Waals surface area contributed by atoms with Gasteiger partial charge in [-0.1, -0.05) is 29.8 Å². The number of thioether (sulfide) groups is 1. The molecule has 190 valence electrons. The van der Waals surface area contributed by atoms with Gasteiger partial charge < -0.3 is 29.5 Å². The van der Waals surface area contributed by atoms with Gasteiger partial charge >= 0.3 is 0 Å². The first-order chi connectivity index (χ1) is 17.9. The van der Waals surface area contributed by atoms with Gasteiger partial charge in [0.25, 0.3) is 5.91 Å². The lowest BCUT2D eigenvalue weighted by atomic mass is 10.00. The zero-order chi connectivity index (χ0) is 26.6. The van der Waals surface area contributed by atoms with E-state index in [0.29, 0.717) is 44.2 Å². The number of hydrogen-bond acceptors (Lipinski definition) is 8. The fourth-order valence-corrected chi connectivity index (χ4v) is 5.43. The third kappa shape index (κ3) is 5.04. The summed E-state index contributed by atoms with van der Waals surface area (Å²) in [4.78, 5) is 14.8. The first-order valence-electron chi connectivity index (χ1n) is 11.1. The maximum absolute atomic E-state index is 13.2. The van der Waals surface area contributed by atoms with Gasteiger partial charge in [-0.3, -0.25) is 4.79 Å². The molecule has 1 saturated heterocycles. The molecule has 0 aromatic heterocycles. The molecule has 37 heavy (non-hydrogen) atoms. The van der Waals surface area contributed by atoms with Crippen molar-refractivity contribution in [2.75, 3.05) is 37.3 Å². The lowest BCUT2D eigenvalue weighted by Gasteiger charge is -2.36. The van der Waals surface area contributed by atoms with Crippen molar-refractivity contribution < 1.29 is 24.1 Å². The fraction of sp³-hybridized carbons (Fsp3) is 0.185. The number of anilines is 2. The number of ether oxygens (including phenoxy) is 3. The van der Waals surface area contributed by atoms with E-state index in [9.17, 15) is 15.2 Å². The minimum atomic E-state index is -1.66. The van der Waals surface area contributed by atoms with Crippen molar-refractivity contribution >= 4 is 40.6 Å². The van der Waals surface area contributed by atoms with Crippen LogP contribution in [-0.2, 0) is 10.5 Å². The Bertz CT molecular complexity index is 1350. The molecule has 0 spiro atoms. The number of nitriles is 1. The summed E-state index contributed by atoms with van der Waals surface area (Å²) >= 11 is 7.14. The van der Waals surface area contributed by atoms with Crippen LogP contribution in [0, 0.1) is 11.3 Å². The van der Waals surface area contributed by atoms with Crippen LogP contribution in [0.2, 0.25) is 5.02 Å². The Morgan fingerprint density at radius 2 is 1.68 bits per heavy atom. The maximum Gasteiger partial charge on any atom is 0.269 e. The summed E-state index contributed by atoms with van der Waals surface area (Å²) in [6.45, 7) is 0. The fourth-order valence-electron chi connectivity index (χ4n) is 4.01. The number of methoxy groups -OCH3 is 3. The maximum atomic E-state index is 13.2. The Hall–Kier alpha value is -3.84. The molecule has 1 fully saturated rings. The molecular weight excluding hydrogens is 514 g/mol. The third-order valence-corrected chi connectivity index (χ3v) is 7.24. The molecule has 0 radical (unpaired) electrons. The second kappa shape index (κ2) is 11.0. The van der Waals surface area contributed by atoms with Crippen LogP contribution >= 0.6 is 23.4 Å².